The largest absolute Gasteiger partial charge is 0.370 e. The molecule has 3 heteroatoms. The zero-order chi connectivity index (χ0) is 14.1. The highest BCUT2D eigenvalue weighted by Crippen LogP contribution is 2.41. The summed E-state index contributed by atoms with van der Waals surface area (Å²) in [4.78, 5) is 0. The van der Waals surface area contributed by atoms with Crippen molar-refractivity contribution in [2.75, 3.05) is 13.2 Å². The third kappa shape index (κ3) is 2.72. The first-order valence-corrected chi connectivity index (χ1v) is 7.40. The van der Waals surface area contributed by atoms with Gasteiger partial charge in [-0.25, -0.2) is 0 Å². The molecule has 0 bridgehead atoms. The number of ether oxygens (including phenoxy) is 3. The van der Waals surface area contributed by atoms with E-state index >= 15 is 0 Å². The van der Waals surface area contributed by atoms with Crippen LogP contribution in [0.5, 0.6) is 0 Å². The molecule has 2 heterocycles. The van der Waals surface area contributed by atoms with Gasteiger partial charge in [0.1, 0.15) is 24.4 Å². The zero-order valence-electron chi connectivity index (χ0n) is 11.7. The fraction of sp³-hybridized carbons (Fsp3) is 0.333. The molecule has 21 heavy (non-hydrogen) atoms. The minimum absolute atomic E-state index is 0.0372. The molecular formula is C18H18O3. The average Bonchev–Trinajstić information content (AvgIpc) is 3.41. The van der Waals surface area contributed by atoms with Crippen LogP contribution in [-0.2, 0) is 14.2 Å². The summed E-state index contributed by atoms with van der Waals surface area (Å²) in [6.07, 6.45) is 0.0863. The Hall–Kier alpha value is -1.68. The van der Waals surface area contributed by atoms with Gasteiger partial charge in [0.15, 0.2) is 0 Å². The van der Waals surface area contributed by atoms with Crippen molar-refractivity contribution < 1.29 is 14.2 Å². The van der Waals surface area contributed by atoms with E-state index in [1.807, 2.05) is 36.4 Å². The predicted molar refractivity (Wildman–Crippen MR) is 78.9 cm³/mol. The molecule has 0 unspecified atom stereocenters. The van der Waals surface area contributed by atoms with Crippen molar-refractivity contribution in [3.8, 4) is 0 Å². The Kier molecular flexibility index (Phi) is 3.47. The highest BCUT2D eigenvalue weighted by molar-refractivity contribution is 5.26. The second-order valence-electron chi connectivity index (χ2n) is 5.54. The molecule has 2 saturated heterocycles. The summed E-state index contributed by atoms with van der Waals surface area (Å²) in [5, 5.41) is 0. The maximum absolute atomic E-state index is 6.31. The van der Waals surface area contributed by atoms with E-state index in [-0.39, 0.29) is 24.4 Å². The molecule has 2 aliphatic rings. The number of hydrogen-bond donors (Lipinski definition) is 0. The van der Waals surface area contributed by atoms with Gasteiger partial charge in [0, 0.05) is 0 Å². The van der Waals surface area contributed by atoms with Crippen LogP contribution in [0.1, 0.15) is 23.3 Å². The third-order valence-electron chi connectivity index (χ3n) is 4.07. The Balaban J connectivity index is 1.65. The lowest BCUT2D eigenvalue weighted by molar-refractivity contribution is -0.191. The lowest BCUT2D eigenvalue weighted by atomic mass is 9.96. The Morgan fingerprint density at radius 1 is 0.619 bits per heavy atom. The Morgan fingerprint density at radius 3 is 1.76 bits per heavy atom. The molecule has 0 aromatic heterocycles. The summed E-state index contributed by atoms with van der Waals surface area (Å²) in [6, 6.07) is 20.6. The standard InChI is InChI=1S/C18H18O3/c1-3-7-13(8-4-1)17-18(14-9-5-2-6-10-14)21-16(12-20-17)15-11-19-15/h1-10,15-18H,11-12H2/t15-,16-,17-,18-/m0/s1. The third-order valence-corrected chi connectivity index (χ3v) is 4.07. The van der Waals surface area contributed by atoms with Gasteiger partial charge in [0.25, 0.3) is 0 Å². The fourth-order valence-electron chi connectivity index (χ4n) is 2.86. The molecule has 0 spiro atoms. The van der Waals surface area contributed by atoms with Crippen LogP contribution in [0.2, 0.25) is 0 Å². The van der Waals surface area contributed by atoms with Crippen LogP contribution < -0.4 is 0 Å². The summed E-state index contributed by atoms with van der Waals surface area (Å²) < 4.78 is 17.8. The quantitative estimate of drug-likeness (QED) is 0.809. The molecule has 2 aliphatic heterocycles. The van der Waals surface area contributed by atoms with Crippen molar-refractivity contribution in [3.63, 3.8) is 0 Å². The van der Waals surface area contributed by atoms with Crippen molar-refractivity contribution >= 4 is 0 Å². The highest BCUT2D eigenvalue weighted by atomic mass is 16.6. The molecule has 0 amide bonds. The molecule has 108 valence electrons. The monoisotopic (exact) mass is 282 g/mol. The molecule has 2 aromatic carbocycles. The molecule has 2 aromatic rings. The first-order valence-electron chi connectivity index (χ1n) is 7.40. The average molecular weight is 282 g/mol. The number of epoxide rings is 1. The topological polar surface area (TPSA) is 31.0 Å². The molecular weight excluding hydrogens is 264 g/mol. The van der Waals surface area contributed by atoms with Crippen LogP contribution in [0, 0.1) is 0 Å². The fourth-order valence-corrected chi connectivity index (χ4v) is 2.86. The number of benzene rings is 2. The maximum Gasteiger partial charge on any atom is 0.113 e. The molecule has 4 atom stereocenters. The predicted octanol–water partition coefficient (Wildman–Crippen LogP) is 3.28. The Morgan fingerprint density at radius 2 is 1.19 bits per heavy atom. The van der Waals surface area contributed by atoms with Crippen LogP contribution in [0.15, 0.2) is 60.7 Å². The maximum atomic E-state index is 6.31. The van der Waals surface area contributed by atoms with Gasteiger partial charge in [0.05, 0.1) is 13.2 Å². The van der Waals surface area contributed by atoms with Crippen LogP contribution in [-0.4, -0.2) is 25.4 Å². The van der Waals surface area contributed by atoms with Crippen molar-refractivity contribution in [1.29, 1.82) is 0 Å². The summed E-state index contributed by atoms with van der Waals surface area (Å²) in [6.45, 7) is 1.37. The molecule has 2 fully saturated rings. The Bertz CT molecular complexity index is 580. The minimum Gasteiger partial charge on any atom is -0.370 e. The summed E-state index contributed by atoms with van der Waals surface area (Å²) in [5.41, 5.74) is 2.30. The molecule has 0 saturated carbocycles. The van der Waals surface area contributed by atoms with E-state index in [0.717, 1.165) is 17.7 Å². The van der Waals surface area contributed by atoms with Gasteiger partial charge >= 0.3 is 0 Å². The van der Waals surface area contributed by atoms with Gasteiger partial charge < -0.3 is 14.2 Å². The van der Waals surface area contributed by atoms with Gasteiger partial charge in [-0.05, 0) is 11.1 Å². The second kappa shape index (κ2) is 5.60. The van der Waals surface area contributed by atoms with Gasteiger partial charge in [0.2, 0.25) is 0 Å². The van der Waals surface area contributed by atoms with Crippen LogP contribution >= 0.6 is 0 Å². The molecule has 0 aliphatic carbocycles. The van der Waals surface area contributed by atoms with Gasteiger partial charge in [-0.15, -0.1) is 0 Å². The smallest absolute Gasteiger partial charge is 0.113 e. The lowest BCUT2D eigenvalue weighted by Crippen LogP contribution is -2.37. The van der Waals surface area contributed by atoms with E-state index in [0.29, 0.717) is 6.61 Å². The van der Waals surface area contributed by atoms with Crippen LogP contribution in [0.3, 0.4) is 0 Å². The van der Waals surface area contributed by atoms with E-state index in [1.165, 1.54) is 0 Å². The minimum atomic E-state index is -0.0865. The van der Waals surface area contributed by atoms with Crippen LogP contribution in [0.25, 0.3) is 0 Å². The van der Waals surface area contributed by atoms with E-state index in [2.05, 4.69) is 24.3 Å². The van der Waals surface area contributed by atoms with Crippen molar-refractivity contribution in [3.05, 3.63) is 71.8 Å². The summed E-state index contributed by atoms with van der Waals surface area (Å²) >= 11 is 0. The first kappa shape index (κ1) is 13.0. The molecule has 4 rings (SSSR count). The molecule has 0 N–H and O–H groups in total. The van der Waals surface area contributed by atoms with E-state index in [9.17, 15) is 0 Å². The van der Waals surface area contributed by atoms with Crippen molar-refractivity contribution in [1.82, 2.24) is 0 Å². The zero-order valence-corrected chi connectivity index (χ0v) is 11.7. The second-order valence-corrected chi connectivity index (χ2v) is 5.54. The lowest BCUT2D eigenvalue weighted by Gasteiger charge is -2.36. The molecule has 3 nitrogen and oxygen atoms in total. The van der Waals surface area contributed by atoms with Crippen molar-refractivity contribution in [2.45, 2.75) is 24.4 Å². The highest BCUT2D eigenvalue weighted by Gasteiger charge is 2.42. The number of rotatable bonds is 3. The summed E-state index contributed by atoms with van der Waals surface area (Å²) in [7, 11) is 0. The van der Waals surface area contributed by atoms with E-state index in [1.54, 1.807) is 0 Å². The van der Waals surface area contributed by atoms with Gasteiger partial charge in [-0.1, -0.05) is 60.7 Å². The van der Waals surface area contributed by atoms with E-state index < -0.39 is 0 Å². The van der Waals surface area contributed by atoms with E-state index in [4.69, 9.17) is 14.2 Å². The molecule has 0 radical (unpaired) electrons. The Labute approximate surface area is 124 Å². The SMILES string of the molecule is c1ccc([C@@H]2OC[C@@H]([C@@H]3CO3)O[C@H]2c2ccccc2)cc1. The number of hydrogen-bond acceptors (Lipinski definition) is 3. The van der Waals surface area contributed by atoms with Crippen LogP contribution in [0.4, 0.5) is 0 Å². The first-order chi connectivity index (χ1) is 10.4. The summed E-state index contributed by atoms with van der Waals surface area (Å²) in [5.74, 6) is 0. The van der Waals surface area contributed by atoms with Crippen molar-refractivity contribution in [2.24, 2.45) is 0 Å². The normalized spacial score (nSPS) is 31.8. The van der Waals surface area contributed by atoms with Gasteiger partial charge in [-0.2, -0.15) is 0 Å². The van der Waals surface area contributed by atoms with Gasteiger partial charge in [-0.3, -0.25) is 0 Å².